The number of aromatic nitrogens is 1. The number of aryl methyl sites for hydroxylation is 1. The average Bonchev–Trinajstić information content (AvgIpc) is 2.94. The fraction of sp³-hybridized carbons (Fsp3) is 0.364. The number of nitro groups is 1. The van der Waals surface area contributed by atoms with Crippen LogP contribution in [0.3, 0.4) is 0 Å². The monoisotopic (exact) mass is 267 g/mol. The van der Waals surface area contributed by atoms with E-state index in [-0.39, 0.29) is 16.0 Å². The van der Waals surface area contributed by atoms with E-state index in [1.165, 1.54) is 17.4 Å². The van der Waals surface area contributed by atoms with E-state index in [1.54, 1.807) is 12.3 Å². The summed E-state index contributed by atoms with van der Waals surface area (Å²) in [6, 6.07) is 3.24. The van der Waals surface area contributed by atoms with Crippen LogP contribution in [0.25, 0.3) is 0 Å². The van der Waals surface area contributed by atoms with Gasteiger partial charge in [-0.15, -0.1) is 0 Å². The third-order valence-corrected chi connectivity index (χ3v) is 3.46. The van der Waals surface area contributed by atoms with Crippen molar-refractivity contribution in [2.75, 3.05) is 0 Å². The molecule has 1 unspecified atom stereocenters. The van der Waals surface area contributed by atoms with Gasteiger partial charge >= 0.3 is 5.00 Å². The lowest BCUT2D eigenvalue weighted by Gasteiger charge is -2.08. The van der Waals surface area contributed by atoms with Gasteiger partial charge in [0, 0.05) is 17.5 Å². The van der Waals surface area contributed by atoms with E-state index >= 15 is 0 Å². The first-order valence-corrected chi connectivity index (χ1v) is 6.26. The molecule has 0 aliphatic carbocycles. The van der Waals surface area contributed by atoms with Crippen LogP contribution in [0, 0.1) is 17.0 Å². The Morgan fingerprint density at radius 1 is 1.61 bits per heavy atom. The van der Waals surface area contributed by atoms with Gasteiger partial charge in [0.05, 0.1) is 17.2 Å². The Bertz CT molecular complexity index is 549. The zero-order valence-electron chi connectivity index (χ0n) is 10.0. The van der Waals surface area contributed by atoms with Crippen molar-refractivity contribution in [3.8, 4) is 0 Å². The predicted octanol–water partition coefficient (Wildman–Crippen LogP) is 2.80. The number of nitrogens with one attached hydrogen (secondary N) is 1. The standard InChI is InChI=1S/C11H13N3O3S/c1-7-5-13-11(17-7)8(2)12-6-9-3-4-10(18-9)14(15)16/h3-5,8,12H,6H2,1-2H3. The van der Waals surface area contributed by atoms with E-state index in [1.807, 2.05) is 13.8 Å². The molecule has 0 bridgehead atoms. The van der Waals surface area contributed by atoms with Crippen molar-refractivity contribution in [1.29, 1.82) is 0 Å². The third-order valence-electron chi connectivity index (χ3n) is 2.42. The highest BCUT2D eigenvalue weighted by Crippen LogP contribution is 2.24. The molecule has 2 aromatic rings. The molecule has 2 aromatic heterocycles. The Hall–Kier alpha value is -1.73. The summed E-state index contributed by atoms with van der Waals surface area (Å²) < 4.78 is 5.40. The van der Waals surface area contributed by atoms with Gasteiger partial charge in [-0.1, -0.05) is 11.3 Å². The second kappa shape index (κ2) is 5.28. The minimum Gasteiger partial charge on any atom is -0.444 e. The smallest absolute Gasteiger partial charge is 0.324 e. The van der Waals surface area contributed by atoms with Gasteiger partial charge in [0.15, 0.2) is 0 Å². The molecule has 6 nitrogen and oxygen atoms in total. The lowest BCUT2D eigenvalue weighted by molar-refractivity contribution is -0.380. The van der Waals surface area contributed by atoms with Crippen molar-refractivity contribution in [3.05, 3.63) is 45.0 Å². The quantitative estimate of drug-likeness (QED) is 0.665. The molecule has 2 rings (SSSR count). The first-order chi connectivity index (χ1) is 8.56. The Labute approximate surface area is 108 Å². The van der Waals surface area contributed by atoms with Crippen LogP contribution in [-0.2, 0) is 6.54 Å². The molecule has 0 spiro atoms. The van der Waals surface area contributed by atoms with E-state index in [9.17, 15) is 10.1 Å². The molecule has 0 radical (unpaired) electrons. The van der Waals surface area contributed by atoms with Crippen LogP contribution in [-0.4, -0.2) is 9.91 Å². The maximum atomic E-state index is 10.5. The number of thiophene rings is 1. The van der Waals surface area contributed by atoms with Crippen molar-refractivity contribution in [2.24, 2.45) is 0 Å². The number of rotatable bonds is 5. The zero-order valence-corrected chi connectivity index (χ0v) is 10.9. The molecule has 0 aliphatic heterocycles. The molecular weight excluding hydrogens is 254 g/mol. The number of nitrogens with zero attached hydrogens (tertiary/aromatic N) is 2. The van der Waals surface area contributed by atoms with Gasteiger partial charge in [0.1, 0.15) is 5.76 Å². The molecule has 96 valence electrons. The normalized spacial score (nSPS) is 12.6. The second-order valence-corrected chi connectivity index (χ2v) is 5.06. The van der Waals surface area contributed by atoms with E-state index in [2.05, 4.69) is 10.3 Å². The van der Waals surface area contributed by atoms with Crippen LogP contribution < -0.4 is 5.32 Å². The topological polar surface area (TPSA) is 81.2 Å². The highest BCUT2D eigenvalue weighted by molar-refractivity contribution is 7.15. The van der Waals surface area contributed by atoms with Gasteiger partial charge in [0.2, 0.25) is 5.89 Å². The largest absolute Gasteiger partial charge is 0.444 e. The van der Waals surface area contributed by atoms with Crippen LogP contribution in [0.2, 0.25) is 0 Å². The van der Waals surface area contributed by atoms with Crippen molar-refractivity contribution in [2.45, 2.75) is 26.4 Å². The van der Waals surface area contributed by atoms with Crippen molar-refractivity contribution in [3.63, 3.8) is 0 Å². The summed E-state index contributed by atoms with van der Waals surface area (Å²) in [5.41, 5.74) is 0. The van der Waals surface area contributed by atoms with Crippen LogP contribution in [0.1, 0.15) is 29.5 Å². The molecule has 18 heavy (non-hydrogen) atoms. The summed E-state index contributed by atoms with van der Waals surface area (Å²) in [5.74, 6) is 1.39. The van der Waals surface area contributed by atoms with E-state index in [4.69, 9.17) is 4.42 Å². The fourth-order valence-electron chi connectivity index (χ4n) is 1.47. The summed E-state index contributed by atoms with van der Waals surface area (Å²) >= 11 is 1.17. The minimum atomic E-state index is -0.380. The first kappa shape index (κ1) is 12.7. The number of hydrogen-bond donors (Lipinski definition) is 1. The van der Waals surface area contributed by atoms with Gasteiger partial charge in [-0.05, 0) is 19.9 Å². The third kappa shape index (κ3) is 2.93. The summed E-state index contributed by atoms with van der Waals surface area (Å²) in [6.07, 6.45) is 1.67. The summed E-state index contributed by atoms with van der Waals surface area (Å²) in [5, 5.41) is 13.9. The summed E-state index contributed by atoms with van der Waals surface area (Å²) in [4.78, 5) is 15.2. The zero-order chi connectivity index (χ0) is 13.1. The van der Waals surface area contributed by atoms with Crippen LogP contribution in [0.4, 0.5) is 5.00 Å². The molecule has 2 heterocycles. The molecule has 7 heteroatoms. The van der Waals surface area contributed by atoms with Gasteiger partial charge in [0.25, 0.3) is 0 Å². The van der Waals surface area contributed by atoms with Gasteiger partial charge in [-0.3, -0.25) is 10.1 Å². The highest BCUT2D eigenvalue weighted by Gasteiger charge is 2.13. The SMILES string of the molecule is Cc1cnc(C(C)NCc2ccc([N+](=O)[O-])s2)o1. The molecule has 0 saturated carbocycles. The van der Waals surface area contributed by atoms with Gasteiger partial charge in [-0.25, -0.2) is 4.98 Å². The molecule has 0 aliphatic rings. The summed E-state index contributed by atoms with van der Waals surface area (Å²) in [7, 11) is 0. The molecular formula is C11H13N3O3S. The van der Waals surface area contributed by atoms with E-state index in [0.717, 1.165) is 10.6 Å². The molecule has 0 amide bonds. The maximum absolute atomic E-state index is 10.5. The van der Waals surface area contributed by atoms with E-state index < -0.39 is 0 Å². The summed E-state index contributed by atoms with van der Waals surface area (Å²) in [6.45, 7) is 4.33. The Morgan fingerprint density at radius 2 is 2.39 bits per heavy atom. The van der Waals surface area contributed by atoms with Crippen molar-refractivity contribution in [1.82, 2.24) is 10.3 Å². The first-order valence-electron chi connectivity index (χ1n) is 5.45. The van der Waals surface area contributed by atoms with Crippen LogP contribution in [0.15, 0.2) is 22.7 Å². The molecule has 0 fully saturated rings. The molecule has 1 atom stereocenters. The lowest BCUT2D eigenvalue weighted by atomic mass is 10.3. The maximum Gasteiger partial charge on any atom is 0.324 e. The molecule has 0 aromatic carbocycles. The molecule has 0 saturated heterocycles. The van der Waals surface area contributed by atoms with Crippen molar-refractivity contribution < 1.29 is 9.34 Å². The number of hydrogen-bond acceptors (Lipinski definition) is 6. The van der Waals surface area contributed by atoms with Crippen LogP contribution in [0.5, 0.6) is 0 Å². The Morgan fingerprint density at radius 3 is 2.94 bits per heavy atom. The van der Waals surface area contributed by atoms with Crippen LogP contribution >= 0.6 is 11.3 Å². The van der Waals surface area contributed by atoms with Crippen molar-refractivity contribution >= 4 is 16.3 Å². The molecule has 1 N–H and O–H groups in total. The number of oxazole rings is 1. The lowest BCUT2D eigenvalue weighted by Crippen LogP contribution is -2.17. The predicted molar refractivity (Wildman–Crippen MR) is 67.5 cm³/mol. The van der Waals surface area contributed by atoms with Gasteiger partial charge < -0.3 is 9.73 Å². The van der Waals surface area contributed by atoms with Gasteiger partial charge in [-0.2, -0.15) is 0 Å². The highest BCUT2D eigenvalue weighted by atomic mass is 32.1. The Balaban J connectivity index is 1.92. The minimum absolute atomic E-state index is 0.0279. The Kier molecular flexibility index (Phi) is 3.73. The second-order valence-electron chi connectivity index (χ2n) is 3.91. The van der Waals surface area contributed by atoms with E-state index in [0.29, 0.717) is 12.4 Å². The average molecular weight is 267 g/mol. The fourth-order valence-corrected chi connectivity index (χ4v) is 2.24.